The Hall–Kier alpha value is -0.120. The van der Waals surface area contributed by atoms with Crippen LogP contribution < -0.4 is 5.32 Å². The van der Waals surface area contributed by atoms with E-state index >= 15 is 0 Å². The number of hydrogen-bond acceptors (Lipinski definition) is 3. The van der Waals surface area contributed by atoms with Crippen molar-refractivity contribution in [2.24, 2.45) is 0 Å². The lowest BCUT2D eigenvalue weighted by molar-refractivity contribution is -0.0739. The molecule has 0 amide bonds. The van der Waals surface area contributed by atoms with E-state index in [-0.39, 0.29) is 0 Å². The van der Waals surface area contributed by atoms with E-state index in [2.05, 4.69) is 17.1 Å². The van der Waals surface area contributed by atoms with Crippen molar-refractivity contribution in [2.45, 2.75) is 69.7 Å². The van der Waals surface area contributed by atoms with Crippen LogP contribution in [0.25, 0.3) is 0 Å². The van der Waals surface area contributed by atoms with Crippen molar-refractivity contribution in [2.75, 3.05) is 19.7 Å². The fraction of sp³-hybridized carbons (Fsp3) is 1.00. The van der Waals surface area contributed by atoms with Crippen molar-refractivity contribution in [1.29, 1.82) is 0 Å². The van der Waals surface area contributed by atoms with Crippen molar-refractivity contribution in [3.8, 4) is 0 Å². The molecular formula is C14H26N2O. The van der Waals surface area contributed by atoms with E-state index in [0.29, 0.717) is 6.10 Å². The summed E-state index contributed by atoms with van der Waals surface area (Å²) in [4.78, 5) is 2.79. The first-order valence-corrected chi connectivity index (χ1v) is 7.51. The molecule has 0 spiro atoms. The first-order chi connectivity index (χ1) is 8.40. The maximum absolute atomic E-state index is 5.92. The summed E-state index contributed by atoms with van der Waals surface area (Å²) in [5.41, 5.74) is 0. The van der Waals surface area contributed by atoms with Crippen molar-refractivity contribution in [3.63, 3.8) is 0 Å². The molecule has 4 atom stereocenters. The van der Waals surface area contributed by atoms with Crippen LogP contribution in [0, 0.1) is 0 Å². The maximum atomic E-state index is 5.92. The lowest BCUT2D eigenvalue weighted by atomic mass is 10.0. The third kappa shape index (κ3) is 2.25. The third-order valence-electron chi connectivity index (χ3n) is 4.90. The molecule has 3 rings (SSSR count). The van der Waals surface area contributed by atoms with E-state index in [9.17, 15) is 0 Å². The topological polar surface area (TPSA) is 24.5 Å². The first kappa shape index (κ1) is 11.9. The predicted octanol–water partition coefficient (Wildman–Crippen LogP) is 1.77. The zero-order valence-corrected chi connectivity index (χ0v) is 11.0. The van der Waals surface area contributed by atoms with E-state index in [1.165, 1.54) is 38.5 Å². The number of fused-ring (bicyclic) bond motifs is 1. The van der Waals surface area contributed by atoms with Gasteiger partial charge in [0.15, 0.2) is 0 Å². The van der Waals surface area contributed by atoms with Gasteiger partial charge in [-0.1, -0.05) is 13.3 Å². The SMILES string of the molecule is CCNC1CCCC1N1CCOC2CCCC21. The quantitative estimate of drug-likeness (QED) is 0.811. The second kappa shape index (κ2) is 5.25. The lowest BCUT2D eigenvalue weighted by Crippen LogP contribution is -2.57. The first-order valence-electron chi connectivity index (χ1n) is 7.51. The molecule has 1 N–H and O–H groups in total. The zero-order valence-electron chi connectivity index (χ0n) is 11.0. The van der Waals surface area contributed by atoms with E-state index < -0.39 is 0 Å². The Labute approximate surface area is 105 Å². The second-order valence-electron chi connectivity index (χ2n) is 5.81. The number of hydrogen-bond donors (Lipinski definition) is 1. The Morgan fingerprint density at radius 2 is 1.94 bits per heavy atom. The van der Waals surface area contributed by atoms with Crippen molar-refractivity contribution >= 4 is 0 Å². The van der Waals surface area contributed by atoms with Crippen LogP contribution in [0.2, 0.25) is 0 Å². The van der Waals surface area contributed by atoms with Crippen LogP contribution in [0.3, 0.4) is 0 Å². The molecule has 0 aromatic carbocycles. The molecule has 1 heterocycles. The van der Waals surface area contributed by atoms with Gasteiger partial charge in [0.2, 0.25) is 0 Å². The van der Waals surface area contributed by atoms with Crippen molar-refractivity contribution in [1.82, 2.24) is 10.2 Å². The molecule has 98 valence electrons. The molecule has 3 nitrogen and oxygen atoms in total. The van der Waals surface area contributed by atoms with Crippen LogP contribution in [0.5, 0.6) is 0 Å². The van der Waals surface area contributed by atoms with Crippen LogP contribution in [-0.4, -0.2) is 48.8 Å². The molecule has 17 heavy (non-hydrogen) atoms. The molecule has 4 unspecified atom stereocenters. The summed E-state index contributed by atoms with van der Waals surface area (Å²) in [6, 6.07) is 2.25. The minimum Gasteiger partial charge on any atom is -0.375 e. The summed E-state index contributed by atoms with van der Waals surface area (Å²) in [5, 5.41) is 3.69. The van der Waals surface area contributed by atoms with Gasteiger partial charge in [-0.05, 0) is 38.6 Å². The molecule has 0 aromatic rings. The normalized spacial score (nSPS) is 42.9. The van der Waals surface area contributed by atoms with Gasteiger partial charge in [-0.25, -0.2) is 0 Å². The van der Waals surface area contributed by atoms with Crippen molar-refractivity contribution in [3.05, 3.63) is 0 Å². The van der Waals surface area contributed by atoms with E-state index in [4.69, 9.17) is 4.74 Å². The van der Waals surface area contributed by atoms with Gasteiger partial charge in [0.25, 0.3) is 0 Å². The summed E-state index contributed by atoms with van der Waals surface area (Å²) in [7, 11) is 0. The van der Waals surface area contributed by atoms with E-state index in [1.807, 2.05) is 0 Å². The highest BCUT2D eigenvalue weighted by atomic mass is 16.5. The maximum Gasteiger partial charge on any atom is 0.0731 e. The number of morpholine rings is 1. The zero-order chi connectivity index (χ0) is 11.7. The highest BCUT2D eigenvalue weighted by molar-refractivity contribution is 4.98. The van der Waals surface area contributed by atoms with Crippen LogP contribution in [0.1, 0.15) is 45.4 Å². The minimum atomic E-state index is 0.548. The van der Waals surface area contributed by atoms with Crippen LogP contribution in [-0.2, 0) is 4.74 Å². The Balaban J connectivity index is 1.69. The monoisotopic (exact) mass is 238 g/mol. The van der Waals surface area contributed by atoms with Gasteiger partial charge in [-0.2, -0.15) is 0 Å². The molecule has 1 saturated heterocycles. The Bertz CT molecular complexity index is 259. The molecule has 3 fully saturated rings. The Morgan fingerprint density at radius 1 is 1.12 bits per heavy atom. The number of rotatable bonds is 3. The molecule has 3 heteroatoms. The smallest absolute Gasteiger partial charge is 0.0731 e. The molecule has 0 bridgehead atoms. The van der Waals surface area contributed by atoms with Crippen LogP contribution >= 0.6 is 0 Å². The van der Waals surface area contributed by atoms with Crippen molar-refractivity contribution < 1.29 is 4.74 Å². The average molecular weight is 238 g/mol. The molecule has 0 aromatic heterocycles. The number of ether oxygens (including phenoxy) is 1. The lowest BCUT2D eigenvalue weighted by Gasteiger charge is -2.43. The average Bonchev–Trinajstić information content (AvgIpc) is 2.96. The van der Waals surface area contributed by atoms with Gasteiger partial charge in [-0.3, -0.25) is 4.90 Å². The predicted molar refractivity (Wildman–Crippen MR) is 69.2 cm³/mol. The fourth-order valence-electron chi connectivity index (χ4n) is 4.21. The van der Waals surface area contributed by atoms with E-state index in [0.717, 1.165) is 37.8 Å². The summed E-state index contributed by atoms with van der Waals surface area (Å²) < 4.78 is 5.92. The van der Waals surface area contributed by atoms with Gasteiger partial charge in [-0.15, -0.1) is 0 Å². The van der Waals surface area contributed by atoms with Gasteiger partial charge < -0.3 is 10.1 Å². The minimum absolute atomic E-state index is 0.548. The molecule has 1 aliphatic heterocycles. The largest absolute Gasteiger partial charge is 0.375 e. The summed E-state index contributed by atoms with van der Waals surface area (Å²) >= 11 is 0. The molecular weight excluding hydrogens is 212 g/mol. The van der Waals surface area contributed by atoms with E-state index in [1.54, 1.807) is 0 Å². The number of likely N-dealkylation sites (N-methyl/N-ethyl adjacent to an activating group) is 1. The highest BCUT2D eigenvalue weighted by Gasteiger charge is 2.42. The number of nitrogens with one attached hydrogen (secondary N) is 1. The molecule has 2 aliphatic carbocycles. The Kier molecular flexibility index (Phi) is 3.69. The summed E-state index contributed by atoms with van der Waals surface area (Å²) in [5.74, 6) is 0. The second-order valence-corrected chi connectivity index (χ2v) is 5.81. The van der Waals surface area contributed by atoms with Gasteiger partial charge >= 0.3 is 0 Å². The highest BCUT2D eigenvalue weighted by Crippen LogP contribution is 2.35. The molecule has 0 radical (unpaired) electrons. The third-order valence-corrected chi connectivity index (χ3v) is 4.90. The van der Waals surface area contributed by atoms with Crippen LogP contribution in [0.4, 0.5) is 0 Å². The van der Waals surface area contributed by atoms with Gasteiger partial charge in [0, 0.05) is 24.7 Å². The standard InChI is InChI=1S/C14H26N2O/c1-2-15-11-5-3-6-12(11)16-9-10-17-14-8-4-7-13(14)16/h11-15H,2-10H2,1H3. The summed E-state index contributed by atoms with van der Waals surface area (Å²) in [6.07, 6.45) is 8.72. The number of nitrogens with zero attached hydrogens (tertiary/aromatic N) is 1. The molecule has 3 aliphatic rings. The summed E-state index contributed by atoms with van der Waals surface area (Å²) in [6.45, 7) is 5.46. The van der Waals surface area contributed by atoms with Crippen LogP contribution in [0.15, 0.2) is 0 Å². The van der Waals surface area contributed by atoms with Gasteiger partial charge in [0.1, 0.15) is 0 Å². The molecule has 2 saturated carbocycles. The fourth-order valence-corrected chi connectivity index (χ4v) is 4.21. The Morgan fingerprint density at radius 3 is 2.82 bits per heavy atom. The van der Waals surface area contributed by atoms with Gasteiger partial charge in [0.05, 0.1) is 12.7 Å².